The van der Waals surface area contributed by atoms with Crippen LogP contribution in [0.5, 0.6) is 5.75 Å². The van der Waals surface area contributed by atoms with Crippen LogP contribution in [-0.2, 0) is 6.42 Å². The second kappa shape index (κ2) is 8.45. The first-order valence-electron chi connectivity index (χ1n) is 8.96. The summed E-state index contributed by atoms with van der Waals surface area (Å²) in [7, 11) is 1.63. The van der Waals surface area contributed by atoms with E-state index in [1.807, 2.05) is 30.5 Å². The summed E-state index contributed by atoms with van der Waals surface area (Å²) in [5.41, 5.74) is 4.48. The van der Waals surface area contributed by atoms with Crippen molar-refractivity contribution in [3.8, 4) is 28.3 Å². The number of aromatic nitrogens is 2. The quantitative estimate of drug-likeness (QED) is 0.650. The van der Waals surface area contributed by atoms with Crippen molar-refractivity contribution >= 4 is 5.97 Å². The molecule has 0 saturated carbocycles. The van der Waals surface area contributed by atoms with Gasteiger partial charge in [-0.05, 0) is 49.2 Å². The van der Waals surface area contributed by atoms with Gasteiger partial charge < -0.3 is 9.84 Å². The number of rotatable bonds is 7. The molecule has 1 heterocycles. The van der Waals surface area contributed by atoms with E-state index in [4.69, 9.17) is 14.8 Å². The minimum absolute atomic E-state index is 0.250. The van der Waals surface area contributed by atoms with E-state index in [9.17, 15) is 4.79 Å². The number of ether oxygens (including phenoxy) is 1. The van der Waals surface area contributed by atoms with Crippen LogP contribution in [0.4, 0.5) is 0 Å². The lowest BCUT2D eigenvalue weighted by Gasteiger charge is -2.11. The van der Waals surface area contributed by atoms with Crippen molar-refractivity contribution in [2.75, 3.05) is 7.11 Å². The van der Waals surface area contributed by atoms with E-state index in [-0.39, 0.29) is 5.56 Å². The lowest BCUT2D eigenvalue weighted by molar-refractivity contribution is 0.0697. The Morgan fingerprint density at radius 1 is 1.00 bits per heavy atom. The van der Waals surface area contributed by atoms with Gasteiger partial charge >= 0.3 is 5.97 Å². The molecule has 1 N–H and O–H groups in total. The predicted octanol–water partition coefficient (Wildman–Crippen LogP) is 4.86. The van der Waals surface area contributed by atoms with E-state index >= 15 is 0 Å². The average molecular weight is 362 g/mol. The van der Waals surface area contributed by atoms with Crippen LogP contribution in [0.15, 0.2) is 54.7 Å². The molecule has 1 aromatic heterocycles. The minimum atomic E-state index is -0.945. The fraction of sp³-hybridized carbons (Fsp3) is 0.227. The maximum Gasteiger partial charge on any atom is 0.335 e. The number of unbranched alkanes of at least 4 members (excludes halogenated alkanes) is 1. The third kappa shape index (κ3) is 4.31. The number of carboxylic acid groups (broad SMARTS) is 1. The molecule has 2 aromatic carbocycles. The van der Waals surface area contributed by atoms with E-state index in [1.54, 1.807) is 31.4 Å². The molecular weight excluding hydrogens is 340 g/mol. The van der Waals surface area contributed by atoms with Gasteiger partial charge in [0, 0.05) is 17.3 Å². The van der Waals surface area contributed by atoms with Crippen molar-refractivity contribution in [1.82, 2.24) is 9.97 Å². The summed E-state index contributed by atoms with van der Waals surface area (Å²) in [4.78, 5) is 20.6. The van der Waals surface area contributed by atoms with Crippen LogP contribution in [0.2, 0.25) is 0 Å². The SMILES string of the molecule is CCCCc1cnc(-c2ccc(OC)cc2)c(-c2ccc(C(=O)O)cc2)n1. The van der Waals surface area contributed by atoms with Gasteiger partial charge in [0.2, 0.25) is 0 Å². The maximum absolute atomic E-state index is 11.1. The Kier molecular flexibility index (Phi) is 5.81. The molecule has 0 fully saturated rings. The molecule has 0 aliphatic heterocycles. The molecule has 3 aromatic rings. The summed E-state index contributed by atoms with van der Waals surface area (Å²) < 4.78 is 5.23. The molecule has 0 spiro atoms. The molecule has 0 atom stereocenters. The summed E-state index contributed by atoms with van der Waals surface area (Å²) in [6.07, 6.45) is 4.83. The van der Waals surface area contributed by atoms with Gasteiger partial charge in [0.1, 0.15) is 5.75 Å². The Hall–Kier alpha value is -3.21. The smallest absolute Gasteiger partial charge is 0.335 e. The highest BCUT2D eigenvalue weighted by atomic mass is 16.5. The van der Waals surface area contributed by atoms with Crippen molar-refractivity contribution < 1.29 is 14.6 Å². The van der Waals surface area contributed by atoms with E-state index in [2.05, 4.69) is 11.9 Å². The van der Waals surface area contributed by atoms with Crippen LogP contribution >= 0.6 is 0 Å². The van der Waals surface area contributed by atoms with Gasteiger partial charge in [0.25, 0.3) is 0 Å². The molecular formula is C22H22N2O3. The molecule has 27 heavy (non-hydrogen) atoms. The molecule has 138 valence electrons. The first-order valence-corrected chi connectivity index (χ1v) is 8.96. The van der Waals surface area contributed by atoms with Crippen molar-refractivity contribution in [3.63, 3.8) is 0 Å². The van der Waals surface area contributed by atoms with Gasteiger partial charge in [0.05, 0.1) is 29.8 Å². The second-order valence-electron chi connectivity index (χ2n) is 6.27. The normalized spacial score (nSPS) is 10.6. The number of nitrogens with zero attached hydrogens (tertiary/aromatic N) is 2. The van der Waals surface area contributed by atoms with Gasteiger partial charge in [-0.25, -0.2) is 9.78 Å². The number of hydrogen-bond donors (Lipinski definition) is 1. The van der Waals surface area contributed by atoms with Crippen molar-refractivity contribution in [3.05, 3.63) is 66.0 Å². The highest BCUT2D eigenvalue weighted by molar-refractivity contribution is 5.88. The molecule has 0 unspecified atom stereocenters. The van der Waals surface area contributed by atoms with Crippen molar-refractivity contribution in [1.29, 1.82) is 0 Å². The first-order chi connectivity index (χ1) is 13.1. The molecule has 0 radical (unpaired) electrons. The summed E-state index contributed by atoms with van der Waals surface area (Å²) in [6, 6.07) is 14.4. The number of carboxylic acids is 1. The fourth-order valence-electron chi connectivity index (χ4n) is 2.84. The van der Waals surface area contributed by atoms with Gasteiger partial charge in [0.15, 0.2) is 0 Å². The third-order valence-corrected chi connectivity index (χ3v) is 4.38. The number of carbonyl (C=O) groups is 1. The van der Waals surface area contributed by atoms with Crippen LogP contribution in [0, 0.1) is 0 Å². The lowest BCUT2D eigenvalue weighted by Crippen LogP contribution is -2.00. The Morgan fingerprint density at radius 3 is 2.22 bits per heavy atom. The number of aromatic carboxylic acids is 1. The van der Waals surface area contributed by atoms with Crippen LogP contribution in [0.25, 0.3) is 22.5 Å². The molecule has 0 bridgehead atoms. The summed E-state index contributed by atoms with van der Waals surface area (Å²) in [5.74, 6) is -0.168. The van der Waals surface area contributed by atoms with Crippen LogP contribution < -0.4 is 4.74 Å². The largest absolute Gasteiger partial charge is 0.497 e. The number of hydrogen-bond acceptors (Lipinski definition) is 4. The lowest BCUT2D eigenvalue weighted by atomic mass is 10.0. The fourth-order valence-corrected chi connectivity index (χ4v) is 2.84. The zero-order valence-electron chi connectivity index (χ0n) is 15.5. The minimum Gasteiger partial charge on any atom is -0.497 e. The molecule has 0 saturated heterocycles. The highest BCUT2D eigenvalue weighted by Gasteiger charge is 2.13. The maximum atomic E-state index is 11.1. The van der Waals surface area contributed by atoms with E-state index in [1.165, 1.54) is 0 Å². The molecule has 3 rings (SSSR count). The summed E-state index contributed by atoms with van der Waals surface area (Å²) >= 11 is 0. The molecule has 5 nitrogen and oxygen atoms in total. The topological polar surface area (TPSA) is 72.3 Å². The monoisotopic (exact) mass is 362 g/mol. The van der Waals surface area contributed by atoms with Crippen LogP contribution in [0.1, 0.15) is 35.8 Å². The second-order valence-corrected chi connectivity index (χ2v) is 6.27. The number of benzene rings is 2. The van der Waals surface area contributed by atoms with E-state index < -0.39 is 5.97 Å². The standard InChI is InChI=1S/C22H22N2O3/c1-3-4-5-18-14-23-20(15-10-12-19(27-2)13-11-15)21(24-18)16-6-8-17(9-7-16)22(25)26/h6-14H,3-5H2,1-2H3,(H,25,26). The van der Waals surface area contributed by atoms with E-state index in [0.717, 1.165) is 53.2 Å². The Morgan fingerprint density at radius 2 is 1.63 bits per heavy atom. The predicted molar refractivity (Wildman–Crippen MR) is 105 cm³/mol. The van der Waals surface area contributed by atoms with Gasteiger partial charge in [-0.1, -0.05) is 25.5 Å². The highest BCUT2D eigenvalue weighted by Crippen LogP contribution is 2.30. The van der Waals surface area contributed by atoms with Gasteiger partial charge in [-0.15, -0.1) is 0 Å². The van der Waals surface area contributed by atoms with Crippen molar-refractivity contribution in [2.45, 2.75) is 26.2 Å². The van der Waals surface area contributed by atoms with Gasteiger partial charge in [-0.2, -0.15) is 0 Å². The Bertz CT molecular complexity index is 919. The zero-order valence-corrected chi connectivity index (χ0v) is 15.5. The van der Waals surface area contributed by atoms with Crippen LogP contribution in [-0.4, -0.2) is 28.2 Å². The van der Waals surface area contributed by atoms with Crippen LogP contribution in [0.3, 0.4) is 0 Å². The van der Waals surface area contributed by atoms with Crippen molar-refractivity contribution in [2.24, 2.45) is 0 Å². The molecule has 0 aliphatic carbocycles. The molecule has 5 heteroatoms. The third-order valence-electron chi connectivity index (χ3n) is 4.38. The zero-order chi connectivity index (χ0) is 19.2. The summed E-state index contributed by atoms with van der Waals surface area (Å²) in [5, 5.41) is 9.13. The average Bonchev–Trinajstić information content (AvgIpc) is 2.72. The first kappa shape index (κ1) is 18.6. The molecule has 0 amide bonds. The summed E-state index contributed by atoms with van der Waals surface area (Å²) in [6.45, 7) is 2.14. The number of aryl methyl sites for hydroxylation is 1. The Balaban J connectivity index is 2.07. The molecule has 0 aliphatic rings. The van der Waals surface area contributed by atoms with Gasteiger partial charge in [-0.3, -0.25) is 4.98 Å². The van der Waals surface area contributed by atoms with E-state index in [0.29, 0.717) is 0 Å². The Labute approximate surface area is 158 Å². The number of methoxy groups -OCH3 is 1.